The second-order valence-corrected chi connectivity index (χ2v) is 5.30. The number of halogens is 1. The monoisotopic (exact) mass is 350 g/mol. The number of carbonyl (C=O) groups is 1. The predicted octanol–water partition coefficient (Wildman–Crippen LogP) is 3.21. The Kier molecular flexibility index (Phi) is 5.16. The van der Waals surface area contributed by atoms with Crippen LogP contribution in [0.3, 0.4) is 0 Å². The van der Waals surface area contributed by atoms with E-state index in [9.17, 15) is 4.79 Å². The first-order valence-electron chi connectivity index (χ1n) is 6.36. The number of hydrogen-bond donors (Lipinski definition) is 2. The van der Waals surface area contributed by atoms with Crippen molar-refractivity contribution in [3.8, 4) is 5.75 Å². The Morgan fingerprint density at radius 2 is 2.24 bits per heavy atom. The molecule has 0 aliphatic rings. The molecule has 0 bridgehead atoms. The van der Waals surface area contributed by atoms with E-state index in [1.807, 2.05) is 24.3 Å². The van der Waals surface area contributed by atoms with Gasteiger partial charge in [0, 0.05) is 17.2 Å². The molecule has 0 saturated heterocycles. The lowest BCUT2D eigenvalue weighted by Crippen LogP contribution is -2.11. The summed E-state index contributed by atoms with van der Waals surface area (Å²) in [5, 5.41) is 12.2. The van der Waals surface area contributed by atoms with E-state index < -0.39 is 5.97 Å². The van der Waals surface area contributed by atoms with Crippen LogP contribution in [0.5, 0.6) is 5.75 Å². The Bertz CT molecular complexity index is 647. The van der Waals surface area contributed by atoms with Crippen LogP contribution in [-0.2, 0) is 6.42 Å². The van der Waals surface area contributed by atoms with Gasteiger partial charge >= 0.3 is 5.97 Å². The van der Waals surface area contributed by atoms with Crippen molar-refractivity contribution in [2.45, 2.75) is 6.42 Å². The summed E-state index contributed by atoms with van der Waals surface area (Å²) < 4.78 is 5.80. The second-order valence-electron chi connectivity index (χ2n) is 4.38. The van der Waals surface area contributed by atoms with Gasteiger partial charge in [-0.25, -0.2) is 9.78 Å². The molecule has 0 saturated carbocycles. The molecule has 0 aliphatic carbocycles. The molecular formula is C15H15BrN2O3. The molecule has 2 rings (SSSR count). The van der Waals surface area contributed by atoms with Crippen LogP contribution in [0.1, 0.15) is 15.9 Å². The van der Waals surface area contributed by atoms with Crippen LogP contribution in [0.2, 0.25) is 0 Å². The molecule has 2 N–H and O–H groups in total. The maximum Gasteiger partial charge on any atom is 0.339 e. The van der Waals surface area contributed by atoms with Crippen molar-refractivity contribution in [2.24, 2.45) is 0 Å². The van der Waals surface area contributed by atoms with Crippen LogP contribution >= 0.6 is 15.9 Å². The molecule has 0 fully saturated rings. The molecule has 0 atom stereocenters. The average Bonchev–Trinajstić information content (AvgIpc) is 2.48. The zero-order valence-electron chi connectivity index (χ0n) is 11.5. The van der Waals surface area contributed by atoms with Crippen LogP contribution < -0.4 is 10.1 Å². The van der Waals surface area contributed by atoms with Gasteiger partial charge in [-0.15, -0.1) is 0 Å². The number of benzene rings is 1. The Morgan fingerprint density at radius 3 is 2.95 bits per heavy atom. The number of carboxylic acids is 1. The van der Waals surface area contributed by atoms with Gasteiger partial charge in [0.2, 0.25) is 0 Å². The lowest BCUT2D eigenvalue weighted by atomic mass is 10.1. The van der Waals surface area contributed by atoms with E-state index in [1.165, 1.54) is 6.07 Å². The SMILES string of the molecule is COc1cccc(CCNc2ncc(Br)cc2C(=O)O)c1. The fourth-order valence-electron chi connectivity index (χ4n) is 1.90. The highest BCUT2D eigenvalue weighted by molar-refractivity contribution is 9.10. The molecule has 1 heterocycles. The van der Waals surface area contributed by atoms with Gasteiger partial charge in [0.1, 0.15) is 17.1 Å². The first kappa shape index (κ1) is 15.3. The minimum Gasteiger partial charge on any atom is -0.497 e. The molecule has 2 aromatic rings. The fraction of sp³-hybridized carbons (Fsp3) is 0.200. The highest BCUT2D eigenvalue weighted by Crippen LogP contribution is 2.18. The molecule has 0 spiro atoms. The van der Waals surface area contributed by atoms with Crippen LogP contribution in [0.15, 0.2) is 41.0 Å². The Balaban J connectivity index is 2.01. The third-order valence-corrected chi connectivity index (χ3v) is 3.36. The van der Waals surface area contributed by atoms with Gasteiger partial charge < -0.3 is 15.2 Å². The first-order chi connectivity index (χ1) is 10.1. The summed E-state index contributed by atoms with van der Waals surface area (Å²) in [7, 11) is 1.63. The highest BCUT2D eigenvalue weighted by atomic mass is 79.9. The van der Waals surface area contributed by atoms with Gasteiger partial charge in [0.05, 0.1) is 7.11 Å². The molecule has 6 heteroatoms. The summed E-state index contributed by atoms with van der Waals surface area (Å²) >= 11 is 3.22. The number of carboxylic acid groups (broad SMARTS) is 1. The van der Waals surface area contributed by atoms with Crippen molar-refractivity contribution in [1.82, 2.24) is 4.98 Å². The standard InChI is InChI=1S/C15H15BrN2O3/c1-21-12-4-2-3-10(7-12)5-6-17-14-13(15(19)20)8-11(16)9-18-14/h2-4,7-9H,5-6H2,1H3,(H,17,18)(H,19,20). The molecule has 21 heavy (non-hydrogen) atoms. The lowest BCUT2D eigenvalue weighted by Gasteiger charge is -2.09. The molecule has 0 aliphatic heterocycles. The lowest BCUT2D eigenvalue weighted by molar-refractivity contribution is 0.0697. The summed E-state index contributed by atoms with van der Waals surface area (Å²) in [5.41, 5.74) is 1.26. The van der Waals surface area contributed by atoms with Gasteiger partial charge in [0.15, 0.2) is 0 Å². The number of hydrogen-bond acceptors (Lipinski definition) is 4. The summed E-state index contributed by atoms with van der Waals surface area (Å²) in [4.78, 5) is 15.3. The van der Waals surface area contributed by atoms with Gasteiger partial charge in [0.25, 0.3) is 0 Å². The van der Waals surface area contributed by atoms with E-state index in [-0.39, 0.29) is 5.56 Å². The van der Waals surface area contributed by atoms with Gasteiger partial charge in [-0.1, -0.05) is 12.1 Å². The van der Waals surface area contributed by atoms with Gasteiger partial charge in [-0.3, -0.25) is 0 Å². The third-order valence-electron chi connectivity index (χ3n) is 2.93. The summed E-state index contributed by atoms with van der Waals surface area (Å²) in [6.07, 6.45) is 2.31. The summed E-state index contributed by atoms with van der Waals surface area (Å²) in [6.45, 7) is 0.585. The van der Waals surface area contributed by atoms with Crippen molar-refractivity contribution in [2.75, 3.05) is 19.0 Å². The van der Waals surface area contributed by atoms with Crippen LogP contribution in [0.25, 0.3) is 0 Å². The fourth-order valence-corrected chi connectivity index (χ4v) is 2.23. The number of nitrogens with zero attached hydrogens (tertiary/aromatic N) is 1. The normalized spacial score (nSPS) is 10.2. The van der Waals surface area contributed by atoms with Crippen LogP contribution in [0, 0.1) is 0 Å². The molecule has 0 unspecified atom stereocenters. The predicted molar refractivity (Wildman–Crippen MR) is 84.1 cm³/mol. The van der Waals surface area contributed by atoms with Crippen molar-refractivity contribution < 1.29 is 14.6 Å². The van der Waals surface area contributed by atoms with E-state index >= 15 is 0 Å². The first-order valence-corrected chi connectivity index (χ1v) is 7.15. The van der Waals surface area contributed by atoms with Crippen molar-refractivity contribution in [3.05, 3.63) is 52.1 Å². The number of aromatic carboxylic acids is 1. The molecule has 1 aromatic heterocycles. The number of ether oxygens (including phenoxy) is 1. The minimum atomic E-state index is -1.01. The third kappa shape index (κ3) is 4.19. The number of nitrogens with one attached hydrogen (secondary N) is 1. The number of methoxy groups -OCH3 is 1. The number of aromatic nitrogens is 1. The summed E-state index contributed by atoms with van der Waals surface area (Å²) in [5.74, 6) is 0.168. The molecule has 1 aromatic carbocycles. The number of rotatable bonds is 6. The number of pyridine rings is 1. The zero-order valence-corrected chi connectivity index (χ0v) is 13.1. The Morgan fingerprint density at radius 1 is 1.43 bits per heavy atom. The topological polar surface area (TPSA) is 71.5 Å². The molecule has 5 nitrogen and oxygen atoms in total. The van der Waals surface area contributed by atoms with Crippen molar-refractivity contribution in [3.63, 3.8) is 0 Å². The average molecular weight is 351 g/mol. The maximum absolute atomic E-state index is 11.2. The van der Waals surface area contributed by atoms with Crippen LogP contribution in [-0.4, -0.2) is 29.7 Å². The minimum absolute atomic E-state index is 0.148. The van der Waals surface area contributed by atoms with E-state index in [4.69, 9.17) is 9.84 Å². The number of anilines is 1. The van der Waals surface area contributed by atoms with Crippen LogP contribution in [0.4, 0.5) is 5.82 Å². The maximum atomic E-state index is 11.2. The largest absolute Gasteiger partial charge is 0.497 e. The van der Waals surface area contributed by atoms with Gasteiger partial charge in [-0.05, 0) is 46.1 Å². The molecular weight excluding hydrogens is 336 g/mol. The molecule has 110 valence electrons. The Labute approximate surface area is 131 Å². The zero-order chi connectivity index (χ0) is 15.2. The quantitative estimate of drug-likeness (QED) is 0.836. The van der Waals surface area contributed by atoms with Gasteiger partial charge in [-0.2, -0.15) is 0 Å². The summed E-state index contributed by atoms with van der Waals surface area (Å²) in [6, 6.07) is 9.29. The smallest absolute Gasteiger partial charge is 0.339 e. The molecule has 0 amide bonds. The second kappa shape index (κ2) is 7.08. The van der Waals surface area contributed by atoms with Crippen molar-refractivity contribution >= 4 is 27.7 Å². The molecule has 0 radical (unpaired) electrons. The Hall–Kier alpha value is -2.08. The van der Waals surface area contributed by atoms with E-state index in [0.717, 1.165) is 17.7 Å². The van der Waals surface area contributed by atoms with E-state index in [2.05, 4.69) is 26.2 Å². The van der Waals surface area contributed by atoms with Crippen molar-refractivity contribution in [1.29, 1.82) is 0 Å². The van der Waals surface area contributed by atoms with E-state index in [0.29, 0.717) is 16.8 Å². The highest BCUT2D eigenvalue weighted by Gasteiger charge is 2.11. The van der Waals surface area contributed by atoms with E-state index in [1.54, 1.807) is 13.3 Å².